The lowest BCUT2D eigenvalue weighted by atomic mass is 9.95. The van der Waals surface area contributed by atoms with Crippen molar-refractivity contribution in [3.8, 4) is 0 Å². The average molecular weight is 507 g/mol. The Balaban J connectivity index is 1.54. The maximum atomic E-state index is 12.5. The molecule has 1 aliphatic carbocycles. The molecule has 10 heteroatoms. The number of amidine groups is 1. The van der Waals surface area contributed by atoms with Crippen molar-refractivity contribution in [2.45, 2.75) is 49.5 Å². The van der Waals surface area contributed by atoms with Crippen molar-refractivity contribution in [1.29, 1.82) is 0 Å². The summed E-state index contributed by atoms with van der Waals surface area (Å²) in [5.74, 6) is 0.601. The van der Waals surface area contributed by atoms with Gasteiger partial charge in [-0.25, -0.2) is 5.01 Å². The van der Waals surface area contributed by atoms with E-state index in [4.69, 9.17) is 4.42 Å². The topological polar surface area (TPSA) is 104 Å². The Morgan fingerprint density at radius 2 is 2.00 bits per heavy atom. The Morgan fingerprint density at radius 1 is 1.23 bits per heavy atom. The van der Waals surface area contributed by atoms with Crippen LogP contribution >= 0.6 is 15.9 Å². The third kappa shape index (κ3) is 5.24. The number of fused-ring (bicyclic) bond motifs is 1. The number of hydrogen-bond acceptors (Lipinski definition) is 6. The second kappa shape index (κ2) is 9.35. The fraction of sp³-hybridized carbons (Fsp3) is 0.381. The van der Waals surface area contributed by atoms with Crippen molar-refractivity contribution in [1.82, 2.24) is 10.3 Å². The molecule has 2 heterocycles. The number of benzene rings is 1. The highest BCUT2D eigenvalue weighted by Crippen LogP contribution is 2.28. The molecule has 2 aliphatic rings. The molecule has 31 heavy (non-hydrogen) atoms. The molecule has 2 aromatic rings. The molecule has 1 aliphatic heterocycles. The Bertz CT molecular complexity index is 1120. The van der Waals surface area contributed by atoms with Gasteiger partial charge in [0.2, 0.25) is 5.91 Å². The van der Waals surface area contributed by atoms with E-state index in [1.165, 1.54) is 23.7 Å². The van der Waals surface area contributed by atoms with Crippen molar-refractivity contribution >= 4 is 43.9 Å². The van der Waals surface area contributed by atoms with Crippen LogP contribution in [0.3, 0.4) is 0 Å². The van der Waals surface area contributed by atoms with Crippen molar-refractivity contribution < 1.29 is 17.6 Å². The zero-order chi connectivity index (χ0) is 21.8. The second-order valence-corrected chi connectivity index (χ2v) is 9.90. The molecule has 1 aromatic carbocycles. The molecule has 0 atom stereocenters. The van der Waals surface area contributed by atoms with E-state index in [-0.39, 0.29) is 35.6 Å². The standard InChI is InChI=1S/C21H23BrN4O4S/c22-19-11-10-16(30-19)14-23-26(13-12-20(27)24-15-6-2-1-3-7-15)21-17-8-4-5-9-18(17)31(28,29)25-21/h4-5,8-11,14-15H,1-3,6-7,12-13H2,(H,24,27)/b23-14+. The lowest BCUT2D eigenvalue weighted by Crippen LogP contribution is -2.38. The third-order valence-electron chi connectivity index (χ3n) is 5.30. The van der Waals surface area contributed by atoms with E-state index in [9.17, 15) is 13.2 Å². The van der Waals surface area contributed by atoms with E-state index in [1.807, 2.05) is 0 Å². The van der Waals surface area contributed by atoms with Gasteiger partial charge in [0.15, 0.2) is 10.5 Å². The minimum atomic E-state index is -3.80. The van der Waals surface area contributed by atoms with Gasteiger partial charge in [-0.1, -0.05) is 31.4 Å². The summed E-state index contributed by atoms with van der Waals surface area (Å²) in [6.07, 6.45) is 7.11. The molecule has 164 valence electrons. The summed E-state index contributed by atoms with van der Waals surface area (Å²) in [5.41, 5.74) is 0.466. The van der Waals surface area contributed by atoms with Gasteiger partial charge in [-0.3, -0.25) is 4.79 Å². The molecular formula is C21H23BrN4O4S. The van der Waals surface area contributed by atoms with Crippen LogP contribution in [0.2, 0.25) is 0 Å². The number of furan rings is 1. The van der Waals surface area contributed by atoms with Gasteiger partial charge in [0, 0.05) is 18.0 Å². The van der Waals surface area contributed by atoms with Crippen LogP contribution in [0.15, 0.2) is 59.9 Å². The first-order valence-corrected chi connectivity index (χ1v) is 12.5. The zero-order valence-corrected chi connectivity index (χ0v) is 19.2. The predicted octanol–water partition coefficient (Wildman–Crippen LogP) is 3.67. The molecule has 1 N–H and O–H groups in total. The van der Waals surface area contributed by atoms with Gasteiger partial charge in [-0.15, -0.1) is 4.40 Å². The molecule has 8 nitrogen and oxygen atoms in total. The van der Waals surface area contributed by atoms with E-state index in [0.29, 0.717) is 16.0 Å². The van der Waals surface area contributed by atoms with Crippen molar-refractivity contribution in [2.75, 3.05) is 6.54 Å². The van der Waals surface area contributed by atoms with E-state index in [1.54, 1.807) is 30.3 Å². The van der Waals surface area contributed by atoms with Gasteiger partial charge < -0.3 is 9.73 Å². The highest BCUT2D eigenvalue weighted by atomic mass is 79.9. The number of carbonyl (C=O) groups is 1. The predicted molar refractivity (Wildman–Crippen MR) is 121 cm³/mol. The first-order chi connectivity index (χ1) is 14.9. The van der Waals surface area contributed by atoms with Crippen LogP contribution in [0.4, 0.5) is 0 Å². The Hall–Kier alpha value is -2.46. The van der Waals surface area contributed by atoms with E-state index in [0.717, 1.165) is 25.7 Å². The number of rotatable bonds is 6. The molecule has 0 unspecified atom stereocenters. The monoisotopic (exact) mass is 506 g/mol. The molecule has 1 aromatic heterocycles. The Morgan fingerprint density at radius 3 is 2.74 bits per heavy atom. The first-order valence-electron chi connectivity index (χ1n) is 10.2. The quantitative estimate of drug-likeness (QED) is 0.475. The molecule has 0 saturated heterocycles. The summed E-state index contributed by atoms with van der Waals surface area (Å²) in [6, 6.07) is 10.3. The van der Waals surface area contributed by atoms with Crippen molar-refractivity contribution in [3.63, 3.8) is 0 Å². The largest absolute Gasteiger partial charge is 0.448 e. The maximum absolute atomic E-state index is 12.5. The summed E-state index contributed by atoms with van der Waals surface area (Å²) >= 11 is 3.24. The van der Waals surface area contributed by atoms with Crippen LogP contribution in [0.5, 0.6) is 0 Å². The van der Waals surface area contributed by atoms with Crippen molar-refractivity contribution in [3.05, 3.63) is 52.4 Å². The van der Waals surface area contributed by atoms with Crippen LogP contribution in [0, 0.1) is 0 Å². The summed E-state index contributed by atoms with van der Waals surface area (Å²) in [6.45, 7) is 0.180. The van der Waals surface area contributed by atoms with Crippen LogP contribution < -0.4 is 5.32 Å². The number of sulfonamides is 1. The molecule has 0 spiro atoms. The molecule has 1 saturated carbocycles. The minimum Gasteiger partial charge on any atom is -0.448 e. The van der Waals surface area contributed by atoms with Crippen molar-refractivity contribution in [2.24, 2.45) is 9.50 Å². The van der Waals surface area contributed by atoms with Gasteiger partial charge in [0.1, 0.15) is 10.7 Å². The molecule has 0 bridgehead atoms. The Kier molecular flexibility index (Phi) is 6.57. The van der Waals surface area contributed by atoms with E-state index >= 15 is 0 Å². The first kappa shape index (κ1) is 21.8. The number of amides is 1. The summed E-state index contributed by atoms with van der Waals surface area (Å²) in [7, 11) is -3.80. The number of hydrogen-bond donors (Lipinski definition) is 1. The maximum Gasteiger partial charge on any atom is 0.285 e. The fourth-order valence-corrected chi connectivity index (χ4v) is 5.30. The van der Waals surface area contributed by atoms with Crippen LogP contribution in [0.25, 0.3) is 0 Å². The summed E-state index contributed by atoms with van der Waals surface area (Å²) in [5, 5.41) is 8.91. The average Bonchev–Trinajstić information content (AvgIpc) is 3.29. The van der Waals surface area contributed by atoms with Gasteiger partial charge >= 0.3 is 0 Å². The Labute approximate surface area is 189 Å². The molecule has 0 radical (unpaired) electrons. The van der Waals surface area contributed by atoms with Gasteiger partial charge in [-0.2, -0.15) is 13.5 Å². The zero-order valence-electron chi connectivity index (χ0n) is 16.8. The number of halogens is 1. The lowest BCUT2D eigenvalue weighted by Gasteiger charge is -2.23. The highest BCUT2D eigenvalue weighted by molar-refractivity contribution is 9.10. The number of nitrogens with one attached hydrogen (secondary N) is 1. The SMILES string of the molecule is O=C(CCN(/N=C/c1ccc(Br)o1)C1=NS(=O)(=O)c2ccccc21)NC1CCCCC1. The molecule has 1 amide bonds. The van der Waals surface area contributed by atoms with Crippen LogP contribution in [-0.4, -0.2) is 44.0 Å². The van der Waals surface area contributed by atoms with Gasteiger partial charge in [0.05, 0.1) is 12.8 Å². The summed E-state index contributed by atoms with van der Waals surface area (Å²) in [4.78, 5) is 12.6. The fourth-order valence-electron chi connectivity index (χ4n) is 3.77. The summed E-state index contributed by atoms with van der Waals surface area (Å²) < 4.78 is 34.9. The lowest BCUT2D eigenvalue weighted by molar-refractivity contribution is -0.122. The highest BCUT2D eigenvalue weighted by Gasteiger charge is 2.32. The second-order valence-electron chi connectivity index (χ2n) is 7.55. The van der Waals surface area contributed by atoms with E-state index in [2.05, 4.69) is 30.7 Å². The normalized spacial score (nSPS) is 18.0. The number of nitrogens with zero attached hydrogens (tertiary/aromatic N) is 3. The third-order valence-corrected chi connectivity index (χ3v) is 7.05. The minimum absolute atomic E-state index is 0.0809. The van der Waals surface area contributed by atoms with Gasteiger partial charge in [0.25, 0.3) is 10.0 Å². The molecular weight excluding hydrogens is 484 g/mol. The van der Waals surface area contributed by atoms with E-state index < -0.39 is 10.0 Å². The smallest absolute Gasteiger partial charge is 0.285 e. The van der Waals surface area contributed by atoms with Gasteiger partial charge in [-0.05, 0) is 53.0 Å². The molecule has 4 rings (SSSR count). The van der Waals surface area contributed by atoms with Crippen LogP contribution in [-0.2, 0) is 14.8 Å². The van der Waals surface area contributed by atoms with Crippen LogP contribution in [0.1, 0.15) is 49.8 Å². The molecule has 1 fully saturated rings. The number of carbonyl (C=O) groups excluding carboxylic acids is 1. The number of hydrazone groups is 1.